The molecule has 2 aromatic heterocycles. The highest BCUT2D eigenvalue weighted by molar-refractivity contribution is 7.49. The molecular weight excluding hydrogens is 469 g/mol. The van der Waals surface area contributed by atoms with Crippen LogP contribution in [0.1, 0.15) is 12.5 Å². The van der Waals surface area contributed by atoms with Crippen molar-refractivity contribution in [1.82, 2.24) is 19.5 Å². The van der Waals surface area contributed by atoms with Crippen molar-refractivity contribution < 1.29 is 22.9 Å². The van der Waals surface area contributed by atoms with Crippen LogP contribution < -0.4 is 19.5 Å². The van der Waals surface area contributed by atoms with E-state index in [1.807, 2.05) is 28.9 Å². The van der Waals surface area contributed by atoms with Crippen LogP contribution in [0.5, 0.6) is 17.4 Å². The highest BCUT2D eigenvalue weighted by atomic mass is 31.2. The van der Waals surface area contributed by atoms with E-state index in [1.165, 1.54) is 7.11 Å². The zero-order valence-corrected chi connectivity index (χ0v) is 19.8. The Morgan fingerprint density at radius 1 is 1.00 bits per heavy atom. The number of rotatable bonds is 9. The Hall–Kier alpha value is -3.88. The minimum Gasteiger partial charge on any atom is -0.479 e. The van der Waals surface area contributed by atoms with Gasteiger partial charge in [-0.2, -0.15) is 9.97 Å². The van der Waals surface area contributed by atoms with Gasteiger partial charge in [0.25, 0.3) is 0 Å². The van der Waals surface area contributed by atoms with E-state index < -0.39 is 7.82 Å². The molecule has 0 spiro atoms. The fourth-order valence-electron chi connectivity index (χ4n) is 3.85. The molecule has 2 N–H and O–H groups in total. The molecular formula is C24H24N5O5P. The molecule has 0 radical (unpaired) electrons. The van der Waals surface area contributed by atoms with Crippen molar-refractivity contribution in [3.8, 4) is 17.4 Å². The number of phosphoric acid groups is 1. The van der Waals surface area contributed by atoms with Crippen LogP contribution in [0.15, 0.2) is 79.1 Å². The van der Waals surface area contributed by atoms with E-state index >= 15 is 0 Å². The van der Waals surface area contributed by atoms with Gasteiger partial charge in [-0.05, 0) is 30.7 Å². The maximum atomic E-state index is 13.6. The van der Waals surface area contributed by atoms with Gasteiger partial charge in [0.1, 0.15) is 11.5 Å². The zero-order valence-electron chi connectivity index (χ0n) is 18.9. The molecule has 5 rings (SSSR count). The second-order valence-corrected chi connectivity index (χ2v) is 9.43. The largest absolute Gasteiger partial charge is 0.587 e. The van der Waals surface area contributed by atoms with Crippen LogP contribution >= 0.6 is 7.82 Å². The Labute approximate surface area is 202 Å². The first kappa shape index (κ1) is 22.9. The van der Waals surface area contributed by atoms with Crippen molar-refractivity contribution in [2.24, 2.45) is 5.92 Å². The van der Waals surface area contributed by atoms with Gasteiger partial charge in [0.2, 0.25) is 11.8 Å². The van der Waals surface area contributed by atoms with Crippen LogP contribution in [-0.4, -0.2) is 33.2 Å². The molecule has 2 aromatic carbocycles. The number of nitrogen functional groups attached to an aromatic ring is 1. The number of anilines is 1. The highest BCUT2D eigenvalue weighted by Crippen LogP contribution is 2.50. The predicted octanol–water partition coefficient (Wildman–Crippen LogP) is 4.82. The lowest BCUT2D eigenvalue weighted by atomic mass is 10.1. The molecule has 10 nitrogen and oxygen atoms in total. The molecule has 0 saturated heterocycles. The first-order chi connectivity index (χ1) is 17.0. The quantitative estimate of drug-likeness (QED) is 0.258. The number of fused-ring (bicyclic) bond motifs is 1. The molecule has 180 valence electrons. The minimum absolute atomic E-state index is 0.0365. The summed E-state index contributed by atoms with van der Waals surface area (Å²) < 4.78 is 37.9. The monoisotopic (exact) mass is 493 g/mol. The van der Waals surface area contributed by atoms with Gasteiger partial charge in [-0.1, -0.05) is 48.6 Å². The molecule has 0 amide bonds. The summed E-state index contributed by atoms with van der Waals surface area (Å²) in [7, 11) is -2.45. The summed E-state index contributed by atoms with van der Waals surface area (Å²) in [6.07, 6.45) is 6.39. The van der Waals surface area contributed by atoms with Crippen LogP contribution in [0.2, 0.25) is 0 Å². The van der Waals surface area contributed by atoms with Crippen LogP contribution in [0.4, 0.5) is 5.95 Å². The first-order valence-corrected chi connectivity index (χ1v) is 12.5. The third-order valence-corrected chi connectivity index (χ3v) is 6.81. The summed E-state index contributed by atoms with van der Waals surface area (Å²) in [6.45, 7) is 0.136. The molecule has 0 bridgehead atoms. The van der Waals surface area contributed by atoms with Crippen molar-refractivity contribution in [2.45, 2.75) is 12.5 Å². The number of hydrogen-bond donors (Lipinski definition) is 1. The fraction of sp³-hybridized carbons (Fsp3) is 0.208. The number of benzene rings is 2. The van der Waals surface area contributed by atoms with Gasteiger partial charge in [-0.3, -0.25) is 4.52 Å². The highest BCUT2D eigenvalue weighted by Gasteiger charge is 2.33. The van der Waals surface area contributed by atoms with Crippen molar-refractivity contribution in [1.29, 1.82) is 0 Å². The Morgan fingerprint density at radius 2 is 1.66 bits per heavy atom. The van der Waals surface area contributed by atoms with Gasteiger partial charge in [0.15, 0.2) is 11.2 Å². The average molecular weight is 493 g/mol. The number of methoxy groups -OCH3 is 1. The lowest BCUT2D eigenvalue weighted by Gasteiger charge is -2.21. The van der Waals surface area contributed by atoms with Crippen LogP contribution in [0.25, 0.3) is 11.2 Å². The van der Waals surface area contributed by atoms with Crippen molar-refractivity contribution in [3.63, 3.8) is 0 Å². The number of nitrogens with two attached hydrogens (primary N) is 1. The van der Waals surface area contributed by atoms with Gasteiger partial charge in [0.05, 0.1) is 26.1 Å². The summed E-state index contributed by atoms with van der Waals surface area (Å²) in [5.74, 6) is 1.18. The van der Waals surface area contributed by atoms with Crippen LogP contribution in [0.3, 0.4) is 0 Å². The number of allylic oxidation sites excluding steroid dienone is 1. The lowest BCUT2D eigenvalue weighted by molar-refractivity contribution is 0.187. The van der Waals surface area contributed by atoms with E-state index in [-0.39, 0.29) is 24.5 Å². The zero-order chi connectivity index (χ0) is 24.3. The molecule has 35 heavy (non-hydrogen) atoms. The number of ether oxygens (including phenoxy) is 1. The summed E-state index contributed by atoms with van der Waals surface area (Å²) >= 11 is 0. The Kier molecular flexibility index (Phi) is 6.39. The molecule has 1 aliphatic carbocycles. The van der Waals surface area contributed by atoms with E-state index in [0.717, 1.165) is 0 Å². The SMILES string of the molecule is COc1nc(N)nc2c1ncn2[C@H]1C=C[C@@H](COP(=O)(Oc2ccccc2)Oc2ccccc2)C1. The first-order valence-electron chi connectivity index (χ1n) is 11.0. The van der Waals surface area contributed by atoms with Crippen molar-refractivity contribution in [3.05, 3.63) is 79.1 Å². The number of aromatic nitrogens is 4. The predicted molar refractivity (Wildman–Crippen MR) is 130 cm³/mol. The second-order valence-electron chi connectivity index (χ2n) is 7.91. The molecule has 0 saturated carbocycles. The van der Waals surface area contributed by atoms with Gasteiger partial charge in [-0.15, -0.1) is 0 Å². The molecule has 2 heterocycles. The molecule has 1 aliphatic rings. The van der Waals surface area contributed by atoms with Crippen LogP contribution in [-0.2, 0) is 9.09 Å². The third kappa shape index (κ3) is 5.13. The van der Waals surface area contributed by atoms with Gasteiger partial charge >= 0.3 is 7.82 Å². The van der Waals surface area contributed by atoms with Gasteiger partial charge in [-0.25, -0.2) is 9.55 Å². The van der Waals surface area contributed by atoms with Gasteiger partial charge in [0, 0.05) is 5.92 Å². The Morgan fingerprint density at radius 3 is 2.29 bits per heavy atom. The lowest BCUT2D eigenvalue weighted by Crippen LogP contribution is -2.12. The molecule has 11 heteroatoms. The minimum atomic E-state index is -3.96. The molecule has 0 unspecified atom stereocenters. The maximum absolute atomic E-state index is 13.6. The third-order valence-electron chi connectivity index (χ3n) is 5.47. The number of nitrogens with zero attached hydrogens (tertiary/aromatic N) is 4. The van der Waals surface area contributed by atoms with E-state index in [4.69, 9.17) is 24.0 Å². The normalized spacial score (nSPS) is 17.5. The average Bonchev–Trinajstić information content (AvgIpc) is 3.50. The van der Waals surface area contributed by atoms with Crippen LogP contribution in [0, 0.1) is 5.92 Å². The van der Waals surface area contributed by atoms with E-state index in [0.29, 0.717) is 35.0 Å². The molecule has 0 aliphatic heterocycles. The standard InChI is InChI=1S/C24H24N5O5P/c1-31-23-21-22(27-24(25)28-23)29(16-26-21)18-13-12-17(14-18)15-32-35(30,33-19-8-4-2-5-9-19)34-20-10-6-3-7-11-20/h2-13,16-18H,14-15H2,1H3,(H2,25,27,28)/t17-,18+/m1/s1. The Bertz CT molecular complexity index is 1330. The summed E-state index contributed by atoms with van der Waals surface area (Å²) in [5.41, 5.74) is 6.95. The topological polar surface area (TPSA) is 124 Å². The molecule has 0 fully saturated rings. The number of phosphoric ester groups is 1. The second kappa shape index (κ2) is 9.77. The number of para-hydroxylation sites is 2. The van der Waals surface area contributed by atoms with E-state index in [9.17, 15) is 4.57 Å². The number of hydrogen-bond acceptors (Lipinski definition) is 9. The summed E-state index contributed by atoms with van der Waals surface area (Å²) in [5, 5.41) is 0. The summed E-state index contributed by atoms with van der Waals surface area (Å²) in [4.78, 5) is 12.8. The number of imidazole rings is 1. The molecule has 2 atom stereocenters. The van der Waals surface area contributed by atoms with E-state index in [1.54, 1.807) is 54.9 Å². The maximum Gasteiger partial charge on any atom is 0.587 e. The molecule has 4 aromatic rings. The van der Waals surface area contributed by atoms with E-state index in [2.05, 4.69) is 15.0 Å². The van der Waals surface area contributed by atoms with Crippen molar-refractivity contribution in [2.75, 3.05) is 19.5 Å². The van der Waals surface area contributed by atoms with Gasteiger partial charge < -0.3 is 24.1 Å². The van der Waals surface area contributed by atoms with Crippen molar-refractivity contribution >= 4 is 24.9 Å². The fourth-order valence-corrected chi connectivity index (χ4v) is 5.13. The summed E-state index contributed by atoms with van der Waals surface area (Å²) in [6, 6.07) is 17.6. The smallest absolute Gasteiger partial charge is 0.479 e. The Balaban J connectivity index is 1.30.